The Bertz CT molecular complexity index is 257. The number of hydrogen-bond donors (Lipinski definition) is 1. The highest BCUT2D eigenvalue weighted by Crippen LogP contribution is 2.27. The van der Waals surface area contributed by atoms with Crippen molar-refractivity contribution in [3.8, 4) is 0 Å². The van der Waals surface area contributed by atoms with E-state index in [2.05, 4.69) is 13.8 Å². The van der Waals surface area contributed by atoms with Crippen molar-refractivity contribution in [2.45, 2.75) is 20.3 Å². The Morgan fingerprint density at radius 3 is 2.75 bits per heavy atom. The van der Waals surface area contributed by atoms with Gasteiger partial charge in [-0.2, -0.15) is 0 Å². The summed E-state index contributed by atoms with van der Waals surface area (Å²) < 4.78 is 0.881. The second-order valence-corrected chi connectivity index (χ2v) is 4.97. The van der Waals surface area contributed by atoms with Gasteiger partial charge in [-0.15, -0.1) is 11.3 Å². The van der Waals surface area contributed by atoms with Crippen LogP contribution in [0.5, 0.6) is 0 Å². The Labute approximate surface area is 82.5 Å². The average Bonchev–Trinajstić information content (AvgIpc) is 2.30. The minimum absolute atomic E-state index is 0.554. The first-order valence-corrected chi connectivity index (χ1v) is 5.27. The van der Waals surface area contributed by atoms with Crippen LogP contribution < -0.4 is 5.73 Å². The molecule has 0 fully saturated rings. The Morgan fingerprint density at radius 1 is 1.67 bits per heavy atom. The summed E-state index contributed by atoms with van der Waals surface area (Å²) in [4.78, 5) is 1.37. The summed E-state index contributed by atoms with van der Waals surface area (Å²) in [6.07, 6.45) is 1.06. The zero-order valence-corrected chi connectivity index (χ0v) is 9.00. The third-order valence-corrected chi connectivity index (χ3v) is 3.32. The van der Waals surface area contributed by atoms with E-state index in [1.165, 1.54) is 10.4 Å². The van der Waals surface area contributed by atoms with Crippen molar-refractivity contribution in [2.75, 3.05) is 6.54 Å². The molecule has 0 aromatic carbocycles. The summed E-state index contributed by atoms with van der Waals surface area (Å²) in [5.41, 5.74) is 6.84. The van der Waals surface area contributed by atoms with Crippen LogP contribution in [0.2, 0.25) is 4.34 Å². The molecule has 0 radical (unpaired) electrons. The van der Waals surface area contributed by atoms with Crippen LogP contribution in [0.25, 0.3) is 0 Å². The second-order valence-electron chi connectivity index (χ2n) is 3.20. The van der Waals surface area contributed by atoms with Gasteiger partial charge in [-0.3, -0.25) is 0 Å². The van der Waals surface area contributed by atoms with Crippen molar-refractivity contribution in [1.82, 2.24) is 0 Å². The van der Waals surface area contributed by atoms with E-state index in [1.54, 1.807) is 11.3 Å². The predicted molar refractivity (Wildman–Crippen MR) is 56.0 cm³/mol. The average molecular weight is 204 g/mol. The second kappa shape index (κ2) is 4.26. The third-order valence-electron chi connectivity index (χ3n) is 1.93. The molecule has 2 N–H and O–H groups in total. The lowest BCUT2D eigenvalue weighted by molar-refractivity contribution is 0.597. The summed E-state index contributed by atoms with van der Waals surface area (Å²) in [6, 6.07) is 2.02. The molecule has 1 heterocycles. The first kappa shape index (κ1) is 10.0. The lowest BCUT2D eigenvalue weighted by Crippen LogP contribution is -2.12. The van der Waals surface area contributed by atoms with Gasteiger partial charge in [0.1, 0.15) is 0 Å². The van der Waals surface area contributed by atoms with Gasteiger partial charge in [0.15, 0.2) is 0 Å². The van der Waals surface area contributed by atoms with E-state index in [9.17, 15) is 0 Å². The molecule has 0 aliphatic carbocycles. The maximum absolute atomic E-state index is 5.88. The molecule has 1 aromatic rings. The summed E-state index contributed by atoms with van der Waals surface area (Å²) in [5.74, 6) is 0.554. The maximum Gasteiger partial charge on any atom is 0.0933 e. The third kappa shape index (κ3) is 2.47. The van der Waals surface area contributed by atoms with Crippen LogP contribution in [0, 0.1) is 12.8 Å². The molecule has 12 heavy (non-hydrogen) atoms. The zero-order valence-electron chi connectivity index (χ0n) is 7.43. The van der Waals surface area contributed by atoms with Crippen molar-refractivity contribution in [3.05, 3.63) is 20.8 Å². The van der Waals surface area contributed by atoms with E-state index in [0.717, 1.165) is 17.3 Å². The van der Waals surface area contributed by atoms with E-state index in [1.807, 2.05) is 6.07 Å². The van der Waals surface area contributed by atoms with Gasteiger partial charge in [-0.25, -0.2) is 0 Å². The molecule has 0 saturated heterocycles. The van der Waals surface area contributed by atoms with Crippen LogP contribution in [-0.4, -0.2) is 6.54 Å². The number of halogens is 1. The molecule has 0 aliphatic heterocycles. The van der Waals surface area contributed by atoms with Gasteiger partial charge in [0.25, 0.3) is 0 Å². The van der Waals surface area contributed by atoms with Crippen LogP contribution in [0.4, 0.5) is 0 Å². The molecule has 1 unspecified atom stereocenters. The minimum atomic E-state index is 0.554. The van der Waals surface area contributed by atoms with Gasteiger partial charge in [0, 0.05) is 4.88 Å². The van der Waals surface area contributed by atoms with Gasteiger partial charge >= 0.3 is 0 Å². The van der Waals surface area contributed by atoms with Gasteiger partial charge < -0.3 is 5.73 Å². The monoisotopic (exact) mass is 203 g/mol. The molecule has 3 heteroatoms. The number of aryl methyl sites for hydroxylation is 1. The molecular weight excluding hydrogens is 190 g/mol. The summed E-state index contributed by atoms with van der Waals surface area (Å²) in [6.45, 7) is 5.00. The summed E-state index contributed by atoms with van der Waals surface area (Å²) >= 11 is 7.55. The zero-order chi connectivity index (χ0) is 9.14. The minimum Gasteiger partial charge on any atom is -0.330 e. The van der Waals surface area contributed by atoms with Crippen molar-refractivity contribution in [1.29, 1.82) is 0 Å². The Balaban J connectivity index is 2.68. The molecular formula is C9H14ClNS. The van der Waals surface area contributed by atoms with Gasteiger partial charge in [-0.1, -0.05) is 18.5 Å². The van der Waals surface area contributed by atoms with Gasteiger partial charge in [-0.05, 0) is 37.4 Å². The number of rotatable bonds is 3. The Hall–Kier alpha value is -0.0500. The fourth-order valence-electron chi connectivity index (χ4n) is 1.08. The smallest absolute Gasteiger partial charge is 0.0933 e. The predicted octanol–water partition coefficient (Wildman–Crippen LogP) is 2.85. The molecule has 0 aliphatic rings. The fraction of sp³-hybridized carbons (Fsp3) is 0.556. The lowest BCUT2D eigenvalue weighted by Gasteiger charge is -2.06. The van der Waals surface area contributed by atoms with E-state index in [-0.39, 0.29) is 0 Å². The number of thiophene rings is 1. The Morgan fingerprint density at radius 2 is 2.33 bits per heavy atom. The summed E-state index contributed by atoms with van der Waals surface area (Å²) in [7, 11) is 0. The summed E-state index contributed by atoms with van der Waals surface area (Å²) in [5, 5.41) is 0. The highest BCUT2D eigenvalue weighted by Gasteiger charge is 2.07. The number of hydrogen-bond acceptors (Lipinski definition) is 2. The van der Waals surface area contributed by atoms with E-state index >= 15 is 0 Å². The quantitative estimate of drug-likeness (QED) is 0.804. The normalized spacial score (nSPS) is 13.3. The molecule has 1 rings (SSSR count). The molecule has 68 valence electrons. The molecule has 0 amide bonds. The molecule has 0 saturated carbocycles. The number of nitrogens with two attached hydrogens (primary N) is 1. The van der Waals surface area contributed by atoms with Crippen molar-refractivity contribution >= 4 is 22.9 Å². The van der Waals surface area contributed by atoms with E-state index < -0.39 is 0 Å². The van der Waals surface area contributed by atoms with Crippen LogP contribution in [-0.2, 0) is 6.42 Å². The Kier molecular flexibility index (Phi) is 3.56. The largest absolute Gasteiger partial charge is 0.330 e. The van der Waals surface area contributed by atoms with Gasteiger partial charge in [0.2, 0.25) is 0 Å². The molecule has 1 nitrogen and oxygen atoms in total. The van der Waals surface area contributed by atoms with Crippen LogP contribution in [0.15, 0.2) is 6.07 Å². The first-order valence-electron chi connectivity index (χ1n) is 4.08. The van der Waals surface area contributed by atoms with Crippen molar-refractivity contribution in [3.63, 3.8) is 0 Å². The van der Waals surface area contributed by atoms with Gasteiger partial charge in [0.05, 0.1) is 4.34 Å². The maximum atomic E-state index is 5.88. The van der Waals surface area contributed by atoms with Crippen molar-refractivity contribution < 1.29 is 0 Å². The topological polar surface area (TPSA) is 26.0 Å². The SMILES string of the molecule is Cc1cc(Cl)sc1CC(C)CN. The van der Waals surface area contributed by atoms with Crippen molar-refractivity contribution in [2.24, 2.45) is 11.7 Å². The molecule has 1 atom stereocenters. The van der Waals surface area contributed by atoms with Crippen LogP contribution in [0.1, 0.15) is 17.4 Å². The lowest BCUT2D eigenvalue weighted by atomic mass is 10.1. The van der Waals surface area contributed by atoms with Crippen LogP contribution in [0.3, 0.4) is 0 Å². The highest BCUT2D eigenvalue weighted by atomic mass is 35.5. The first-order chi connectivity index (χ1) is 5.63. The van der Waals surface area contributed by atoms with Crippen LogP contribution >= 0.6 is 22.9 Å². The standard InChI is InChI=1S/C9H14ClNS/c1-6(5-11)3-8-7(2)4-9(10)12-8/h4,6H,3,5,11H2,1-2H3. The molecule has 0 spiro atoms. The van der Waals surface area contributed by atoms with E-state index in [0.29, 0.717) is 5.92 Å². The molecule has 0 bridgehead atoms. The highest BCUT2D eigenvalue weighted by molar-refractivity contribution is 7.16. The fourth-order valence-corrected chi connectivity index (χ4v) is 2.58. The van der Waals surface area contributed by atoms with E-state index in [4.69, 9.17) is 17.3 Å². The molecule has 1 aromatic heterocycles.